The van der Waals surface area contributed by atoms with Gasteiger partial charge < -0.3 is 4.74 Å². The smallest absolute Gasteiger partial charge is 0.122 e. The summed E-state index contributed by atoms with van der Waals surface area (Å²) in [5.41, 5.74) is 2.47. The standard InChI is InChI=1S/C16H17O/c1-2-15-10-6-7-11-16(15)17-13-12-14-8-4-3-5-9-14/h3-11H,1-2,12-13H2. The molecule has 0 heterocycles. The van der Waals surface area contributed by atoms with Crippen molar-refractivity contribution < 1.29 is 4.74 Å². The zero-order valence-electron chi connectivity index (χ0n) is 9.93. The lowest BCUT2D eigenvalue weighted by Gasteiger charge is -2.10. The maximum atomic E-state index is 5.79. The molecule has 2 aromatic rings. The Morgan fingerprint density at radius 1 is 0.882 bits per heavy atom. The van der Waals surface area contributed by atoms with E-state index >= 15 is 0 Å². The minimum Gasteiger partial charge on any atom is -0.493 e. The van der Waals surface area contributed by atoms with Crippen molar-refractivity contribution in [1.82, 2.24) is 0 Å². The number of rotatable bonds is 5. The van der Waals surface area contributed by atoms with Gasteiger partial charge in [0.2, 0.25) is 0 Å². The van der Waals surface area contributed by atoms with E-state index in [1.54, 1.807) is 0 Å². The zero-order chi connectivity index (χ0) is 11.9. The topological polar surface area (TPSA) is 9.23 Å². The molecule has 0 bridgehead atoms. The molecule has 2 rings (SSSR count). The van der Waals surface area contributed by atoms with Crippen LogP contribution in [0.3, 0.4) is 0 Å². The van der Waals surface area contributed by atoms with Crippen LogP contribution in [0, 0.1) is 6.92 Å². The summed E-state index contributed by atoms with van der Waals surface area (Å²) >= 11 is 0. The van der Waals surface area contributed by atoms with Gasteiger partial charge in [0.1, 0.15) is 5.75 Å². The lowest BCUT2D eigenvalue weighted by Crippen LogP contribution is -2.02. The van der Waals surface area contributed by atoms with Gasteiger partial charge >= 0.3 is 0 Å². The summed E-state index contributed by atoms with van der Waals surface area (Å²) in [4.78, 5) is 0. The molecule has 0 fully saturated rings. The fraction of sp³-hybridized carbons (Fsp3) is 0.188. The second-order valence-corrected chi connectivity index (χ2v) is 3.94. The van der Waals surface area contributed by atoms with E-state index < -0.39 is 0 Å². The van der Waals surface area contributed by atoms with Gasteiger partial charge in [0.15, 0.2) is 0 Å². The van der Waals surface area contributed by atoms with Crippen LogP contribution in [0.25, 0.3) is 0 Å². The molecule has 17 heavy (non-hydrogen) atoms. The SMILES string of the molecule is [CH2]Cc1ccccc1OCCc1ccccc1. The van der Waals surface area contributed by atoms with Crippen LogP contribution in [0.15, 0.2) is 54.6 Å². The molecule has 87 valence electrons. The van der Waals surface area contributed by atoms with Crippen molar-refractivity contribution in [1.29, 1.82) is 0 Å². The normalized spacial score (nSPS) is 10.2. The number of hydrogen-bond donors (Lipinski definition) is 0. The number of para-hydroxylation sites is 1. The highest BCUT2D eigenvalue weighted by Gasteiger charge is 2.00. The van der Waals surface area contributed by atoms with Gasteiger partial charge in [-0.2, -0.15) is 0 Å². The van der Waals surface area contributed by atoms with Crippen LogP contribution in [0.5, 0.6) is 5.75 Å². The number of benzene rings is 2. The summed E-state index contributed by atoms with van der Waals surface area (Å²) in [7, 11) is 0. The largest absolute Gasteiger partial charge is 0.493 e. The van der Waals surface area contributed by atoms with E-state index in [4.69, 9.17) is 4.74 Å². The third kappa shape index (κ3) is 3.35. The van der Waals surface area contributed by atoms with Gasteiger partial charge in [-0.1, -0.05) is 48.5 Å². The van der Waals surface area contributed by atoms with Crippen molar-refractivity contribution >= 4 is 0 Å². The Bertz CT molecular complexity index is 448. The highest BCUT2D eigenvalue weighted by atomic mass is 16.5. The first-order chi connectivity index (χ1) is 8.40. The molecule has 1 nitrogen and oxygen atoms in total. The fourth-order valence-electron chi connectivity index (χ4n) is 1.77. The van der Waals surface area contributed by atoms with Crippen LogP contribution >= 0.6 is 0 Å². The summed E-state index contributed by atoms with van der Waals surface area (Å²) < 4.78 is 5.79. The van der Waals surface area contributed by atoms with Gasteiger partial charge in [-0.25, -0.2) is 0 Å². The van der Waals surface area contributed by atoms with Crippen LogP contribution in [-0.4, -0.2) is 6.61 Å². The average molecular weight is 225 g/mol. The third-order valence-corrected chi connectivity index (χ3v) is 2.73. The molecule has 0 unspecified atom stereocenters. The van der Waals surface area contributed by atoms with E-state index in [9.17, 15) is 0 Å². The third-order valence-electron chi connectivity index (χ3n) is 2.73. The highest BCUT2D eigenvalue weighted by Crippen LogP contribution is 2.18. The summed E-state index contributed by atoms with van der Waals surface area (Å²) in [5.74, 6) is 0.957. The fourth-order valence-corrected chi connectivity index (χ4v) is 1.77. The molecule has 0 spiro atoms. The molecule has 0 saturated heterocycles. The predicted octanol–water partition coefficient (Wildman–Crippen LogP) is 3.68. The van der Waals surface area contributed by atoms with E-state index in [1.807, 2.05) is 24.3 Å². The van der Waals surface area contributed by atoms with E-state index in [1.165, 1.54) is 11.1 Å². The van der Waals surface area contributed by atoms with Crippen molar-refractivity contribution in [3.8, 4) is 5.75 Å². The minimum absolute atomic E-state index is 0.709. The Kier molecular flexibility index (Phi) is 4.20. The molecule has 0 aliphatic rings. The van der Waals surface area contributed by atoms with Crippen LogP contribution < -0.4 is 4.74 Å². The summed E-state index contributed by atoms with van der Waals surface area (Å²) in [6.45, 7) is 4.61. The Morgan fingerprint density at radius 3 is 2.35 bits per heavy atom. The van der Waals surface area contributed by atoms with Gasteiger partial charge in [-0.15, -0.1) is 0 Å². The highest BCUT2D eigenvalue weighted by molar-refractivity contribution is 5.33. The van der Waals surface area contributed by atoms with Gasteiger partial charge in [0.05, 0.1) is 6.61 Å². The van der Waals surface area contributed by atoms with Crippen LogP contribution in [0.4, 0.5) is 0 Å². The maximum absolute atomic E-state index is 5.79. The van der Waals surface area contributed by atoms with Crippen molar-refractivity contribution in [3.05, 3.63) is 72.6 Å². The molecule has 1 radical (unpaired) electrons. The molecular formula is C16H17O. The van der Waals surface area contributed by atoms with Crippen molar-refractivity contribution in [3.63, 3.8) is 0 Å². The first kappa shape index (κ1) is 11.7. The molecule has 0 amide bonds. The Hall–Kier alpha value is -1.76. The molecular weight excluding hydrogens is 208 g/mol. The monoisotopic (exact) mass is 225 g/mol. The van der Waals surface area contributed by atoms with Crippen molar-refractivity contribution in [2.45, 2.75) is 12.8 Å². The van der Waals surface area contributed by atoms with E-state index in [2.05, 4.69) is 37.3 Å². The van der Waals surface area contributed by atoms with Gasteiger partial charge in [-0.3, -0.25) is 0 Å². The van der Waals surface area contributed by atoms with E-state index in [-0.39, 0.29) is 0 Å². The number of hydrogen-bond acceptors (Lipinski definition) is 1. The van der Waals surface area contributed by atoms with E-state index in [0.717, 1.165) is 18.6 Å². The maximum Gasteiger partial charge on any atom is 0.122 e. The van der Waals surface area contributed by atoms with Crippen LogP contribution in [0.1, 0.15) is 11.1 Å². The Balaban J connectivity index is 1.90. The molecule has 0 aliphatic carbocycles. The van der Waals surface area contributed by atoms with Crippen LogP contribution in [-0.2, 0) is 12.8 Å². The first-order valence-electron chi connectivity index (χ1n) is 5.94. The molecule has 0 N–H and O–H groups in total. The van der Waals surface area contributed by atoms with Gasteiger partial charge in [0, 0.05) is 6.42 Å². The molecule has 0 aliphatic heterocycles. The lowest BCUT2D eigenvalue weighted by atomic mass is 10.1. The van der Waals surface area contributed by atoms with Crippen molar-refractivity contribution in [2.24, 2.45) is 0 Å². The molecule has 1 heteroatoms. The van der Waals surface area contributed by atoms with E-state index in [0.29, 0.717) is 6.61 Å². The molecule has 0 saturated carbocycles. The number of ether oxygens (including phenoxy) is 1. The minimum atomic E-state index is 0.709. The zero-order valence-corrected chi connectivity index (χ0v) is 9.93. The quantitative estimate of drug-likeness (QED) is 0.754. The van der Waals surface area contributed by atoms with Crippen LogP contribution in [0.2, 0.25) is 0 Å². The molecule has 0 atom stereocenters. The Labute approximate surface area is 103 Å². The molecule has 0 aromatic heterocycles. The van der Waals surface area contributed by atoms with Crippen molar-refractivity contribution in [2.75, 3.05) is 6.61 Å². The summed E-state index contributed by atoms with van der Waals surface area (Å²) in [6, 6.07) is 18.5. The Morgan fingerprint density at radius 2 is 1.59 bits per heavy atom. The first-order valence-corrected chi connectivity index (χ1v) is 5.94. The van der Waals surface area contributed by atoms with Gasteiger partial charge in [-0.05, 0) is 30.5 Å². The second kappa shape index (κ2) is 6.09. The second-order valence-electron chi connectivity index (χ2n) is 3.94. The predicted molar refractivity (Wildman–Crippen MR) is 71.1 cm³/mol. The molecule has 2 aromatic carbocycles. The lowest BCUT2D eigenvalue weighted by molar-refractivity contribution is 0.319. The summed E-state index contributed by atoms with van der Waals surface area (Å²) in [6.07, 6.45) is 1.70. The van der Waals surface area contributed by atoms with Gasteiger partial charge in [0.25, 0.3) is 0 Å². The summed E-state index contributed by atoms with van der Waals surface area (Å²) in [5, 5.41) is 0. The average Bonchev–Trinajstić information content (AvgIpc) is 2.40.